The van der Waals surface area contributed by atoms with E-state index in [1.807, 2.05) is 0 Å². The smallest absolute Gasteiger partial charge is 0.338 e. The van der Waals surface area contributed by atoms with Gasteiger partial charge in [0.15, 0.2) is 11.5 Å². The highest BCUT2D eigenvalue weighted by atomic mass is 16.6. The Bertz CT molecular complexity index is 1170. The van der Waals surface area contributed by atoms with Crippen molar-refractivity contribution in [3.63, 3.8) is 0 Å². The van der Waals surface area contributed by atoms with E-state index in [2.05, 4.69) is 19.7 Å². The predicted octanol–water partition coefficient (Wildman–Crippen LogP) is 4.84. The van der Waals surface area contributed by atoms with Crippen molar-refractivity contribution in [2.45, 2.75) is 20.8 Å². The van der Waals surface area contributed by atoms with E-state index in [9.17, 15) is 14.4 Å². The minimum Gasteiger partial charge on any atom is -0.493 e. The van der Waals surface area contributed by atoms with Crippen molar-refractivity contribution in [1.82, 2.24) is 0 Å². The highest BCUT2D eigenvalue weighted by Crippen LogP contribution is 2.36. The van der Waals surface area contributed by atoms with Gasteiger partial charge in [0.25, 0.3) is 0 Å². The van der Waals surface area contributed by atoms with Gasteiger partial charge in [-0.3, -0.25) is 0 Å². The van der Waals surface area contributed by atoms with Gasteiger partial charge in [-0.1, -0.05) is 25.8 Å². The fourth-order valence-electron chi connectivity index (χ4n) is 2.86. The molecule has 2 aromatic rings. The molecule has 2 aromatic carbocycles. The molecular formula is C29H32O9. The molecular weight excluding hydrogens is 492 g/mol. The van der Waals surface area contributed by atoms with Crippen LogP contribution in [0.4, 0.5) is 0 Å². The molecule has 0 N–H and O–H groups in total. The third kappa shape index (κ3) is 9.16. The molecule has 0 spiro atoms. The summed E-state index contributed by atoms with van der Waals surface area (Å²) in [6.45, 7) is 15.6. The molecule has 0 aromatic heterocycles. The van der Waals surface area contributed by atoms with Gasteiger partial charge >= 0.3 is 17.9 Å². The van der Waals surface area contributed by atoms with Gasteiger partial charge in [0.05, 0.1) is 7.11 Å². The van der Waals surface area contributed by atoms with Crippen LogP contribution in [-0.2, 0) is 23.9 Å². The Hall–Kier alpha value is -4.53. The normalized spacial score (nSPS) is 10.1. The van der Waals surface area contributed by atoms with E-state index in [0.29, 0.717) is 34.0 Å². The average molecular weight is 525 g/mol. The maximum absolute atomic E-state index is 12.0. The minimum absolute atomic E-state index is 0.0274. The summed E-state index contributed by atoms with van der Waals surface area (Å²) in [5.74, 6) is -0.109. The molecule has 0 saturated heterocycles. The summed E-state index contributed by atoms with van der Waals surface area (Å²) in [4.78, 5) is 35.1. The van der Waals surface area contributed by atoms with Crippen molar-refractivity contribution in [1.29, 1.82) is 0 Å². The molecule has 2 rings (SSSR count). The summed E-state index contributed by atoms with van der Waals surface area (Å²) in [5.41, 5.74) is 2.26. The van der Waals surface area contributed by atoms with Gasteiger partial charge < -0.3 is 28.4 Å². The summed E-state index contributed by atoms with van der Waals surface area (Å²) in [6.07, 6.45) is 0. The highest BCUT2D eigenvalue weighted by molar-refractivity contribution is 5.89. The SMILES string of the molecule is C=C(C)C(=O)OCCOc1cc(OCCOC(=O)C(=C)C)cc(-c2ccc(OC(=O)C(=C)C)c(OC)c2)c1. The molecule has 0 fully saturated rings. The van der Waals surface area contributed by atoms with Crippen molar-refractivity contribution in [3.05, 3.63) is 72.9 Å². The summed E-state index contributed by atoms with van der Waals surface area (Å²) in [6, 6.07) is 10.2. The Balaban J connectivity index is 2.26. The lowest BCUT2D eigenvalue weighted by Crippen LogP contribution is -2.13. The lowest BCUT2D eigenvalue weighted by molar-refractivity contribution is -0.140. The van der Waals surface area contributed by atoms with E-state index in [1.165, 1.54) is 7.11 Å². The highest BCUT2D eigenvalue weighted by Gasteiger charge is 2.14. The third-order valence-corrected chi connectivity index (χ3v) is 4.80. The maximum Gasteiger partial charge on any atom is 0.338 e. The van der Waals surface area contributed by atoms with Crippen molar-refractivity contribution in [2.24, 2.45) is 0 Å². The van der Waals surface area contributed by atoms with Gasteiger partial charge in [0.1, 0.15) is 37.9 Å². The molecule has 0 aliphatic heterocycles. The van der Waals surface area contributed by atoms with Crippen LogP contribution in [0.2, 0.25) is 0 Å². The number of ether oxygens (including phenoxy) is 6. The molecule has 0 aliphatic carbocycles. The first kappa shape index (κ1) is 29.7. The second-order valence-electron chi connectivity index (χ2n) is 8.26. The van der Waals surface area contributed by atoms with E-state index in [0.717, 1.165) is 5.56 Å². The molecule has 38 heavy (non-hydrogen) atoms. The van der Waals surface area contributed by atoms with Crippen LogP contribution in [0.3, 0.4) is 0 Å². The van der Waals surface area contributed by atoms with Crippen molar-refractivity contribution in [2.75, 3.05) is 33.5 Å². The summed E-state index contributed by atoms with van der Waals surface area (Å²) >= 11 is 0. The van der Waals surface area contributed by atoms with Crippen LogP contribution in [-0.4, -0.2) is 51.4 Å². The van der Waals surface area contributed by atoms with Crippen LogP contribution < -0.4 is 18.9 Å². The number of methoxy groups -OCH3 is 1. The molecule has 0 bridgehead atoms. The topological polar surface area (TPSA) is 107 Å². The first-order valence-electron chi connectivity index (χ1n) is 11.6. The Morgan fingerprint density at radius 2 is 1.13 bits per heavy atom. The third-order valence-electron chi connectivity index (χ3n) is 4.80. The largest absolute Gasteiger partial charge is 0.493 e. The van der Waals surface area contributed by atoms with Gasteiger partial charge in [-0.2, -0.15) is 0 Å². The Labute approximate surface area is 222 Å². The molecule has 9 heteroatoms. The van der Waals surface area contributed by atoms with Gasteiger partial charge in [0.2, 0.25) is 0 Å². The van der Waals surface area contributed by atoms with Crippen LogP contribution in [0, 0.1) is 0 Å². The number of carbonyl (C=O) groups is 3. The van der Waals surface area contributed by atoms with E-state index in [1.54, 1.807) is 57.2 Å². The van der Waals surface area contributed by atoms with Crippen molar-refractivity contribution >= 4 is 17.9 Å². The number of hydrogen-bond donors (Lipinski definition) is 0. The molecule has 0 unspecified atom stereocenters. The minimum atomic E-state index is -0.568. The van der Waals surface area contributed by atoms with Crippen LogP contribution in [0.25, 0.3) is 11.1 Å². The number of carbonyl (C=O) groups excluding carboxylic acids is 3. The second kappa shape index (κ2) is 14.3. The molecule has 0 atom stereocenters. The predicted molar refractivity (Wildman–Crippen MR) is 141 cm³/mol. The van der Waals surface area contributed by atoms with Crippen LogP contribution >= 0.6 is 0 Å². The monoisotopic (exact) mass is 524 g/mol. The molecule has 0 amide bonds. The van der Waals surface area contributed by atoms with Gasteiger partial charge in [0, 0.05) is 22.8 Å². The van der Waals surface area contributed by atoms with E-state index in [-0.39, 0.29) is 37.8 Å². The van der Waals surface area contributed by atoms with Gasteiger partial charge in [-0.15, -0.1) is 0 Å². The standard InChI is InChI=1S/C29H32O9/c1-18(2)27(30)36-12-10-34-23-14-22(15-24(17-23)35-11-13-37-28(31)19(3)4)21-8-9-25(26(16-21)33-7)38-29(32)20(5)6/h8-9,14-17H,1,3,5,10-13H2,2,4,6-7H3. The van der Waals surface area contributed by atoms with Gasteiger partial charge in [-0.25, -0.2) is 14.4 Å². The summed E-state index contributed by atoms with van der Waals surface area (Å²) < 4.78 is 32.4. The van der Waals surface area contributed by atoms with Crippen LogP contribution in [0.5, 0.6) is 23.0 Å². The zero-order chi connectivity index (χ0) is 28.2. The lowest BCUT2D eigenvalue weighted by atomic mass is 10.0. The number of benzene rings is 2. The number of esters is 3. The molecule has 0 saturated carbocycles. The van der Waals surface area contributed by atoms with Gasteiger partial charge in [-0.05, 0) is 56.2 Å². The zero-order valence-corrected chi connectivity index (χ0v) is 22.1. The fourth-order valence-corrected chi connectivity index (χ4v) is 2.86. The average Bonchev–Trinajstić information content (AvgIpc) is 2.88. The maximum atomic E-state index is 12.0. The molecule has 202 valence electrons. The summed E-state index contributed by atoms with van der Waals surface area (Å²) in [7, 11) is 1.46. The Kier molecular flexibility index (Phi) is 11.2. The molecule has 0 heterocycles. The molecule has 0 aliphatic rings. The van der Waals surface area contributed by atoms with Crippen LogP contribution in [0.1, 0.15) is 20.8 Å². The second-order valence-corrected chi connectivity index (χ2v) is 8.26. The van der Waals surface area contributed by atoms with Crippen molar-refractivity contribution < 1.29 is 42.8 Å². The zero-order valence-electron chi connectivity index (χ0n) is 22.1. The first-order valence-corrected chi connectivity index (χ1v) is 11.6. The lowest BCUT2D eigenvalue weighted by Gasteiger charge is -2.15. The quantitative estimate of drug-likeness (QED) is 0.148. The molecule has 0 radical (unpaired) electrons. The Morgan fingerprint density at radius 3 is 1.58 bits per heavy atom. The van der Waals surface area contributed by atoms with E-state index in [4.69, 9.17) is 28.4 Å². The fraction of sp³-hybridized carbons (Fsp3) is 0.276. The van der Waals surface area contributed by atoms with E-state index >= 15 is 0 Å². The number of rotatable bonds is 14. The van der Waals surface area contributed by atoms with Crippen molar-refractivity contribution in [3.8, 4) is 34.1 Å². The summed E-state index contributed by atoms with van der Waals surface area (Å²) in [5, 5.41) is 0. The van der Waals surface area contributed by atoms with Crippen LogP contribution in [0.15, 0.2) is 72.9 Å². The molecule has 9 nitrogen and oxygen atoms in total. The van der Waals surface area contributed by atoms with E-state index < -0.39 is 17.9 Å². The first-order chi connectivity index (χ1) is 18.0. The Morgan fingerprint density at radius 1 is 0.632 bits per heavy atom. The number of hydrogen-bond acceptors (Lipinski definition) is 9.